The predicted octanol–water partition coefficient (Wildman–Crippen LogP) is 2.52. The van der Waals surface area contributed by atoms with E-state index in [0.717, 1.165) is 19.3 Å². The van der Waals surface area contributed by atoms with Crippen molar-refractivity contribution in [2.45, 2.75) is 51.8 Å². The summed E-state index contributed by atoms with van der Waals surface area (Å²) in [6.07, 6.45) is -2.08. The van der Waals surface area contributed by atoms with Gasteiger partial charge in [-0.25, -0.2) is 4.79 Å². The first-order valence-corrected chi connectivity index (χ1v) is 10.2. The van der Waals surface area contributed by atoms with Gasteiger partial charge in [-0.2, -0.15) is 13.2 Å². The molecule has 0 saturated carbocycles. The van der Waals surface area contributed by atoms with E-state index in [1.165, 1.54) is 4.90 Å². The van der Waals surface area contributed by atoms with Crippen LogP contribution < -0.4 is 5.73 Å². The van der Waals surface area contributed by atoms with Gasteiger partial charge in [0.2, 0.25) is 0 Å². The second-order valence-electron chi connectivity index (χ2n) is 8.82. The van der Waals surface area contributed by atoms with Crippen molar-refractivity contribution in [2.75, 3.05) is 52.4 Å². The summed E-state index contributed by atoms with van der Waals surface area (Å²) in [5.41, 5.74) is 5.57. The number of carbonyl (C=O) groups is 1. The van der Waals surface area contributed by atoms with Crippen LogP contribution in [0.1, 0.15) is 40.0 Å². The summed E-state index contributed by atoms with van der Waals surface area (Å²) < 4.78 is 42.7. The Balaban J connectivity index is 1.66. The number of hydrogen-bond donors (Lipinski definition) is 1. The molecule has 0 unspecified atom stereocenters. The van der Waals surface area contributed by atoms with Gasteiger partial charge in [-0.3, -0.25) is 9.89 Å². The molecule has 29 heavy (non-hydrogen) atoms. The lowest BCUT2D eigenvalue weighted by molar-refractivity contribution is -0.148. The molecule has 0 bridgehead atoms. The number of nitrogens with zero attached hydrogens (tertiary/aromatic N) is 4. The highest BCUT2D eigenvalue weighted by molar-refractivity contribution is 5.78. The molecule has 0 radical (unpaired) electrons. The topological polar surface area (TPSA) is 74.4 Å². The van der Waals surface area contributed by atoms with Crippen molar-refractivity contribution < 1.29 is 22.7 Å². The van der Waals surface area contributed by atoms with E-state index in [-0.39, 0.29) is 6.09 Å². The minimum absolute atomic E-state index is 0.315. The molecule has 10 heteroatoms. The Hall–Kier alpha value is -1.71. The number of alkyl halides is 3. The van der Waals surface area contributed by atoms with Crippen molar-refractivity contribution in [1.82, 2.24) is 14.7 Å². The molecule has 0 aromatic rings. The van der Waals surface area contributed by atoms with Gasteiger partial charge in [0.05, 0.1) is 6.54 Å². The number of piperazine rings is 1. The van der Waals surface area contributed by atoms with Gasteiger partial charge in [0.1, 0.15) is 5.60 Å². The maximum atomic E-state index is 12.4. The molecule has 2 N–H and O–H groups in total. The van der Waals surface area contributed by atoms with E-state index in [0.29, 0.717) is 57.7 Å². The molecule has 0 aromatic carbocycles. The van der Waals surface area contributed by atoms with E-state index in [4.69, 9.17) is 10.5 Å². The monoisotopic (exact) mass is 421 g/mol. The Morgan fingerprint density at radius 2 is 1.59 bits per heavy atom. The molecular formula is C19H34F3N5O2. The minimum Gasteiger partial charge on any atom is -0.444 e. The van der Waals surface area contributed by atoms with Crippen molar-refractivity contribution in [2.24, 2.45) is 16.6 Å². The molecule has 2 saturated heterocycles. The van der Waals surface area contributed by atoms with E-state index in [9.17, 15) is 18.0 Å². The summed E-state index contributed by atoms with van der Waals surface area (Å²) in [5, 5.41) is 0. The Bertz CT molecular complexity index is 561. The van der Waals surface area contributed by atoms with Gasteiger partial charge in [-0.05, 0) is 59.0 Å². The Morgan fingerprint density at radius 1 is 1.03 bits per heavy atom. The van der Waals surface area contributed by atoms with Crippen LogP contribution in [0.2, 0.25) is 0 Å². The van der Waals surface area contributed by atoms with Crippen LogP contribution in [0.3, 0.4) is 0 Å². The third-order valence-corrected chi connectivity index (χ3v) is 5.18. The lowest BCUT2D eigenvalue weighted by Gasteiger charge is -2.36. The maximum Gasteiger partial charge on any atom is 0.410 e. The Kier molecular flexibility index (Phi) is 8.02. The van der Waals surface area contributed by atoms with Crippen LogP contribution in [0.4, 0.5) is 18.0 Å². The quantitative estimate of drug-likeness (QED) is 0.558. The van der Waals surface area contributed by atoms with E-state index < -0.39 is 18.3 Å². The SMILES string of the molecule is CC(C)(C)OC(=O)N1CCN(C(N)=NCCC2CCN(CC(F)(F)F)CC2)CC1. The molecule has 2 aliphatic heterocycles. The smallest absolute Gasteiger partial charge is 0.410 e. The average Bonchev–Trinajstić information content (AvgIpc) is 2.60. The third kappa shape index (κ3) is 8.67. The highest BCUT2D eigenvalue weighted by atomic mass is 19.4. The first kappa shape index (κ1) is 23.6. The summed E-state index contributed by atoms with van der Waals surface area (Å²) in [4.78, 5) is 21.6. The van der Waals surface area contributed by atoms with Crippen LogP contribution in [0.5, 0.6) is 0 Å². The number of piperidine rings is 1. The zero-order valence-electron chi connectivity index (χ0n) is 17.7. The molecule has 2 aliphatic rings. The summed E-state index contributed by atoms with van der Waals surface area (Å²) >= 11 is 0. The first-order chi connectivity index (χ1) is 13.4. The molecule has 0 aliphatic carbocycles. The van der Waals surface area contributed by atoms with Crippen molar-refractivity contribution in [3.8, 4) is 0 Å². The minimum atomic E-state index is -4.13. The zero-order valence-corrected chi connectivity index (χ0v) is 17.7. The van der Waals surface area contributed by atoms with E-state index in [1.54, 1.807) is 4.90 Å². The van der Waals surface area contributed by atoms with Crippen LogP contribution in [0, 0.1) is 5.92 Å². The average molecular weight is 422 g/mol. The van der Waals surface area contributed by atoms with Gasteiger partial charge in [-0.15, -0.1) is 0 Å². The normalized spacial score (nSPS) is 20.8. The fraction of sp³-hybridized carbons (Fsp3) is 0.895. The number of nitrogens with two attached hydrogens (primary N) is 1. The summed E-state index contributed by atoms with van der Waals surface area (Å²) in [6, 6.07) is 0. The zero-order chi connectivity index (χ0) is 21.7. The summed E-state index contributed by atoms with van der Waals surface area (Å²) in [5.74, 6) is 0.850. The molecule has 0 atom stereocenters. The number of amides is 1. The second-order valence-corrected chi connectivity index (χ2v) is 8.82. The van der Waals surface area contributed by atoms with Crippen LogP contribution in [-0.4, -0.2) is 90.9 Å². The van der Waals surface area contributed by atoms with Crippen LogP contribution in [0.15, 0.2) is 4.99 Å². The Labute approximate surface area is 171 Å². The second kappa shape index (κ2) is 9.86. The van der Waals surface area contributed by atoms with E-state index in [1.807, 2.05) is 25.7 Å². The predicted molar refractivity (Wildman–Crippen MR) is 106 cm³/mol. The molecule has 2 heterocycles. The lowest BCUT2D eigenvalue weighted by atomic mass is 9.93. The standard InChI is InChI=1S/C19H34F3N5O2/c1-18(2,3)29-17(28)27-12-10-26(11-13-27)16(23)24-7-4-15-5-8-25(9-6-15)14-19(20,21)22/h15H,4-14H2,1-3H3,(H2,23,24). The number of guanidine groups is 1. The third-order valence-electron chi connectivity index (χ3n) is 5.18. The van der Waals surface area contributed by atoms with Crippen LogP contribution in [-0.2, 0) is 4.74 Å². The Morgan fingerprint density at radius 3 is 2.10 bits per heavy atom. The largest absolute Gasteiger partial charge is 0.444 e. The molecule has 168 valence electrons. The van der Waals surface area contributed by atoms with Crippen molar-refractivity contribution in [3.05, 3.63) is 0 Å². The lowest BCUT2D eigenvalue weighted by Crippen LogP contribution is -2.53. The number of halogens is 3. The summed E-state index contributed by atoms with van der Waals surface area (Å²) in [7, 11) is 0. The molecular weight excluding hydrogens is 387 g/mol. The van der Waals surface area contributed by atoms with Gasteiger partial charge >= 0.3 is 12.3 Å². The van der Waals surface area contributed by atoms with Gasteiger partial charge in [0.25, 0.3) is 0 Å². The molecule has 2 rings (SSSR count). The number of hydrogen-bond acceptors (Lipinski definition) is 4. The highest BCUT2D eigenvalue weighted by Crippen LogP contribution is 2.24. The number of carbonyl (C=O) groups excluding carboxylic acids is 1. The first-order valence-electron chi connectivity index (χ1n) is 10.2. The van der Waals surface area contributed by atoms with Crippen LogP contribution in [0.25, 0.3) is 0 Å². The highest BCUT2D eigenvalue weighted by Gasteiger charge is 2.32. The van der Waals surface area contributed by atoms with E-state index in [2.05, 4.69) is 4.99 Å². The summed E-state index contributed by atoms with van der Waals surface area (Å²) in [6.45, 7) is 8.50. The van der Waals surface area contributed by atoms with Gasteiger partial charge in [0.15, 0.2) is 5.96 Å². The number of ether oxygens (including phenoxy) is 1. The van der Waals surface area contributed by atoms with Gasteiger partial charge < -0.3 is 20.3 Å². The van der Waals surface area contributed by atoms with E-state index >= 15 is 0 Å². The van der Waals surface area contributed by atoms with Crippen molar-refractivity contribution in [1.29, 1.82) is 0 Å². The fourth-order valence-electron chi connectivity index (χ4n) is 3.59. The van der Waals surface area contributed by atoms with Crippen molar-refractivity contribution >= 4 is 12.1 Å². The number of aliphatic imine (C=N–C) groups is 1. The maximum absolute atomic E-state index is 12.4. The van der Waals surface area contributed by atoms with Crippen LogP contribution >= 0.6 is 0 Å². The molecule has 1 amide bonds. The molecule has 0 spiro atoms. The van der Waals surface area contributed by atoms with Crippen molar-refractivity contribution in [3.63, 3.8) is 0 Å². The van der Waals surface area contributed by atoms with Gasteiger partial charge in [0, 0.05) is 32.7 Å². The molecule has 2 fully saturated rings. The number of likely N-dealkylation sites (tertiary alicyclic amines) is 1. The molecule has 0 aromatic heterocycles. The number of rotatable bonds is 4. The molecule has 7 nitrogen and oxygen atoms in total. The fourth-order valence-corrected chi connectivity index (χ4v) is 3.59. The van der Waals surface area contributed by atoms with Gasteiger partial charge in [-0.1, -0.05) is 0 Å².